The molecule has 0 saturated carbocycles. The molecule has 1 amide bonds. The second-order valence-electron chi connectivity index (χ2n) is 6.51. The van der Waals surface area contributed by atoms with Crippen LogP contribution in [0.25, 0.3) is 0 Å². The monoisotopic (exact) mass is 404 g/mol. The van der Waals surface area contributed by atoms with Crippen molar-refractivity contribution in [1.29, 1.82) is 0 Å². The number of amides is 1. The van der Waals surface area contributed by atoms with E-state index in [0.717, 1.165) is 18.5 Å². The topological polar surface area (TPSA) is 41.5 Å². The van der Waals surface area contributed by atoms with Crippen LogP contribution in [0.3, 0.4) is 0 Å². The zero-order valence-corrected chi connectivity index (χ0v) is 17.1. The van der Waals surface area contributed by atoms with Gasteiger partial charge in [-0.25, -0.2) is 0 Å². The maximum absolute atomic E-state index is 12.5. The Morgan fingerprint density at radius 1 is 1.07 bits per heavy atom. The van der Waals surface area contributed by atoms with E-state index < -0.39 is 0 Å². The van der Waals surface area contributed by atoms with Crippen LogP contribution in [0.1, 0.15) is 48.5 Å². The van der Waals surface area contributed by atoms with Crippen LogP contribution in [-0.2, 0) is 6.42 Å². The highest BCUT2D eigenvalue weighted by Crippen LogP contribution is 2.23. The zero-order chi connectivity index (χ0) is 19.5. The van der Waals surface area contributed by atoms with Crippen LogP contribution in [0.15, 0.2) is 53.5 Å². The Morgan fingerprint density at radius 3 is 2.56 bits per heavy atom. The predicted octanol–water partition coefficient (Wildman–Crippen LogP) is 5.99. The number of aliphatic imine (C=N–C) groups is 1. The molecule has 2 aromatic rings. The molecule has 5 heteroatoms. The fraction of sp³-hybridized carbons (Fsp3) is 0.364. The molecule has 2 rings (SSSR count). The molecule has 0 fully saturated rings. The highest BCUT2D eigenvalue weighted by Gasteiger charge is 2.13. The zero-order valence-electron chi connectivity index (χ0n) is 15.6. The summed E-state index contributed by atoms with van der Waals surface area (Å²) in [4.78, 5) is 17.0. The van der Waals surface area contributed by atoms with Crippen LogP contribution in [0.2, 0.25) is 10.0 Å². The van der Waals surface area contributed by atoms with Gasteiger partial charge in [0.05, 0.1) is 16.1 Å². The van der Waals surface area contributed by atoms with E-state index in [4.69, 9.17) is 23.2 Å². The summed E-state index contributed by atoms with van der Waals surface area (Å²) in [5, 5.41) is 4.09. The summed E-state index contributed by atoms with van der Waals surface area (Å²) < 4.78 is 0. The summed E-state index contributed by atoms with van der Waals surface area (Å²) in [6.45, 7) is 2.97. The third-order valence-electron chi connectivity index (χ3n) is 4.22. The van der Waals surface area contributed by atoms with Crippen molar-refractivity contribution in [3.05, 3.63) is 69.7 Å². The van der Waals surface area contributed by atoms with Crippen molar-refractivity contribution in [2.24, 2.45) is 4.99 Å². The molecule has 0 radical (unpaired) electrons. The number of halogens is 2. The third kappa shape index (κ3) is 7.74. The highest BCUT2D eigenvalue weighted by atomic mass is 35.5. The van der Waals surface area contributed by atoms with Crippen molar-refractivity contribution >= 4 is 35.3 Å². The normalized spacial score (nSPS) is 12.3. The molecule has 2 aromatic carbocycles. The molecular formula is C22H26Cl2N2O. The lowest BCUT2D eigenvalue weighted by Crippen LogP contribution is -2.37. The minimum absolute atomic E-state index is 0.113. The summed E-state index contributed by atoms with van der Waals surface area (Å²) in [6.07, 6.45) is 7.13. The van der Waals surface area contributed by atoms with Gasteiger partial charge in [0.1, 0.15) is 0 Å². The summed E-state index contributed by atoms with van der Waals surface area (Å²) in [7, 11) is 0. The van der Waals surface area contributed by atoms with E-state index in [0.29, 0.717) is 22.0 Å². The summed E-state index contributed by atoms with van der Waals surface area (Å²) in [5.41, 5.74) is 1.63. The van der Waals surface area contributed by atoms with Crippen LogP contribution in [0.4, 0.5) is 0 Å². The van der Waals surface area contributed by atoms with E-state index in [1.54, 1.807) is 18.2 Å². The third-order valence-corrected chi connectivity index (χ3v) is 4.96. The van der Waals surface area contributed by atoms with Crippen molar-refractivity contribution in [2.75, 3.05) is 6.54 Å². The van der Waals surface area contributed by atoms with E-state index in [1.165, 1.54) is 19.3 Å². The van der Waals surface area contributed by atoms with E-state index in [-0.39, 0.29) is 11.9 Å². The molecule has 1 unspecified atom stereocenters. The van der Waals surface area contributed by atoms with Gasteiger partial charge in [-0.2, -0.15) is 0 Å². The van der Waals surface area contributed by atoms with Gasteiger partial charge < -0.3 is 5.32 Å². The van der Waals surface area contributed by atoms with Crippen molar-refractivity contribution in [3.63, 3.8) is 0 Å². The number of nitrogens with zero attached hydrogens (tertiary/aromatic N) is 1. The lowest BCUT2D eigenvalue weighted by atomic mass is 10.1. The molecule has 0 aliphatic rings. The highest BCUT2D eigenvalue weighted by molar-refractivity contribution is 6.42. The van der Waals surface area contributed by atoms with E-state index in [9.17, 15) is 4.79 Å². The van der Waals surface area contributed by atoms with E-state index >= 15 is 0 Å². The molecule has 0 saturated heterocycles. The van der Waals surface area contributed by atoms with Crippen LogP contribution in [0.5, 0.6) is 0 Å². The molecule has 0 aliphatic carbocycles. The Labute approximate surface area is 171 Å². The fourth-order valence-corrected chi connectivity index (χ4v) is 3.06. The minimum Gasteiger partial charge on any atom is -0.344 e. The van der Waals surface area contributed by atoms with Crippen molar-refractivity contribution in [3.8, 4) is 0 Å². The Bertz CT molecular complexity index is 747. The molecule has 27 heavy (non-hydrogen) atoms. The van der Waals surface area contributed by atoms with E-state index in [1.807, 2.05) is 36.5 Å². The molecule has 144 valence electrons. The molecule has 3 nitrogen and oxygen atoms in total. The Morgan fingerprint density at radius 2 is 1.85 bits per heavy atom. The van der Waals surface area contributed by atoms with Gasteiger partial charge in [0.15, 0.2) is 0 Å². The van der Waals surface area contributed by atoms with Gasteiger partial charge in [-0.15, -0.1) is 0 Å². The van der Waals surface area contributed by atoms with Crippen molar-refractivity contribution in [1.82, 2.24) is 5.32 Å². The largest absolute Gasteiger partial charge is 0.344 e. The number of hydrogen-bond acceptors (Lipinski definition) is 2. The van der Waals surface area contributed by atoms with Crippen molar-refractivity contribution < 1.29 is 4.79 Å². The lowest BCUT2D eigenvalue weighted by molar-refractivity contribution is 0.0947. The van der Waals surface area contributed by atoms with Gasteiger partial charge in [0.2, 0.25) is 0 Å². The molecule has 0 aliphatic heterocycles. The second kappa shape index (κ2) is 11.8. The molecule has 0 aromatic heterocycles. The van der Waals surface area contributed by atoms with Crippen LogP contribution >= 0.6 is 23.2 Å². The van der Waals surface area contributed by atoms with Gasteiger partial charge in [0, 0.05) is 18.3 Å². The number of carbonyl (C=O) groups excluding carboxylic acids is 1. The predicted molar refractivity (Wildman–Crippen MR) is 115 cm³/mol. The molecular weight excluding hydrogens is 379 g/mol. The van der Waals surface area contributed by atoms with Crippen LogP contribution < -0.4 is 5.32 Å². The fourth-order valence-electron chi connectivity index (χ4n) is 2.73. The molecule has 0 spiro atoms. The first-order valence-electron chi connectivity index (χ1n) is 9.40. The number of rotatable bonds is 10. The quantitative estimate of drug-likeness (QED) is 0.383. The summed E-state index contributed by atoms with van der Waals surface area (Å²) in [6, 6.07) is 14.5. The summed E-state index contributed by atoms with van der Waals surface area (Å²) >= 11 is 12.1. The number of hydrogen-bond donors (Lipinski definition) is 1. The van der Waals surface area contributed by atoms with E-state index in [2.05, 4.69) is 17.2 Å². The maximum Gasteiger partial charge on any atom is 0.251 e. The Kier molecular flexibility index (Phi) is 9.37. The van der Waals surface area contributed by atoms with Gasteiger partial charge in [-0.3, -0.25) is 9.79 Å². The number of benzene rings is 2. The number of unbranched alkanes of at least 4 members (excludes halogenated alkanes) is 3. The SMILES string of the molecule is CCCCCCN=CC(Cc1ccc(Cl)c(Cl)c1)NC(=O)c1ccccc1. The van der Waals surface area contributed by atoms with Gasteiger partial charge in [-0.1, -0.05) is 73.7 Å². The first kappa shape index (κ1) is 21.5. The molecule has 0 bridgehead atoms. The first-order valence-corrected chi connectivity index (χ1v) is 10.2. The maximum atomic E-state index is 12.5. The number of carbonyl (C=O) groups is 1. The smallest absolute Gasteiger partial charge is 0.251 e. The molecule has 0 heterocycles. The number of nitrogens with one attached hydrogen (secondary N) is 1. The van der Waals surface area contributed by atoms with Gasteiger partial charge in [0.25, 0.3) is 5.91 Å². The second-order valence-corrected chi connectivity index (χ2v) is 7.33. The standard InChI is InChI=1S/C22H26Cl2N2O/c1-2-3-4-8-13-25-16-19(14-17-11-12-20(23)21(24)15-17)26-22(27)18-9-6-5-7-10-18/h5-7,9-12,15-16,19H,2-4,8,13-14H2,1H3,(H,26,27). The Balaban J connectivity index is 2.03. The van der Waals surface area contributed by atoms with Crippen LogP contribution in [0, 0.1) is 0 Å². The van der Waals surface area contributed by atoms with Gasteiger partial charge in [-0.05, 0) is 42.7 Å². The van der Waals surface area contributed by atoms with Gasteiger partial charge >= 0.3 is 0 Å². The Hall–Kier alpha value is -1.84. The van der Waals surface area contributed by atoms with Crippen molar-refractivity contribution in [2.45, 2.75) is 45.1 Å². The first-order chi connectivity index (χ1) is 13.1. The lowest BCUT2D eigenvalue weighted by Gasteiger charge is -2.15. The molecule has 1 atom stereocenters. The average molecular weight is 405 g/mol. The molecule has 1 N–H and O–H groups in total. The minimum atomic E-state index is -0.207. The average Bonchev–Trinajstić information content (AvgIpc) is 2.68. The van der Waals surface area contributed by atoms with Crippen LogP contribution in [-0.4, -0.2) is 24.7 Å². The summed E-state index contributed by atoms with van der Waals surface area (Å²) in [5.74, 6) is -0.113.